The van der Waals surface area contributed by atoms with Crippen molar-refractivity contribution >= 4 is 11.8 Å². The minimum Gasteiger partial charge on any atom is -0.481 e. The summed E-state index contributed by atoms with van der Waals surface area (Å²) in [5.74, 6) is 0.00506. The van der Waals surface area contributed by atoms with Gasteiger partial charge < -0.3 is 15.0 Å². The Kier molecular flexibility index (Phi) is 7.31. The number of nitrogens with one attached hydrogen (secondary N) is 1. The van der Waals surface area contributed by atoms with Crippen LogP contribution in [0.3, 0.4) is 0 Å². The van der Waals surface area contributed by atoms with Gasteiger partial charge in [0.25, 0.3) is 5.91 Å². The number of halogens is 1. The average molecular weight is 427 g/mol. The fourth-order valence-corrected chi connectivity index (χ4v) is 3.89. The second-order valence-electron chi connectivity index (χ2n) is 8.30. The quantitative estimate of drug-likeness (QED) is 0.720. The number of nitrogens with zero attached hydrogens (tertiary/aromatic N) is 1. The molecule has 1 aliphatic heterocycles. The minimum atomic E-state index is -0.633. The van der Waals surface area contributed by atoms with Gasteiger partial charge in [-0.25, -0.2) is 4.39 Å². The topological polar surface area (TPSA) is 58.6 Å². The highest BCUT2D eigenvalue weighted by molar-refractivity contribution is 5.81. The van der Waals surface area contributed by atoms with E-state index in [1.165, 1.54) is 12.1 Å². The Balaban J connectivity index is 1.95. The van der Waals surface area contributed by atoms with Gasteiger partial charge in [0.05, 0.1) is 6.04 Å². The SMILES string of the molecule is CCCNC(=O)C(C)Oc1ccc2c(c1)C(c1ccc(F)cc1)N(C(=O)C(C)C)CC2. The number of carbonyl (C=O) groups excluding carboxylic acids is 2. The Morgan fingerprint density at radius 3 is 2.52 bits per heavy atom. The van der Waals surface area contributed by atoms with Gasteiger partial charge in [0.1, 0.15) is 11.6 Å². The van der Waals surface area contributed by atoms with Crippen LogP contribution in [0, 0.1) is 11.7 Å². The summed E-state index contributed by atoms with van der Waals surface area (Å²) in [5.41, 5.74) is 2.92. The molecule has 2 aromatic carbocycles. The summed E-state index contributed by atoms with van der Waals surface area (Å²) in [4.78, 5) is 27.0. The predicted octanol–water partition coefficient (Wildman–Crippen LogP) is 4.25. The van der Waals surface area contributed by atoms with Crippen LogP contribution in [0.5, 0.6) is 5.75 Å². The number of fused-ring (bicyclic) bond motifs is 1. The number of ether oxygens (including phenoxy) is 1. The third kappa shape index (κ3) is 5.24. The number of amides is 2. The largest absolute Gasteiger partial charge is 0.481 e. The third-order valence-electron chi connectivity index (χ3n) is 5.54. The fraction of sp³-hybridized carbons (Fsp3) is 0.440. The maximum absolute atomic E-state index is 13.6. The van der Waals surface area contributed by atoms with Crippen LogP contribution in [0.25, 0.3) is 0 Å². The molecule has 0 saturated heterocycles. The molecule has 0 aliphatic carbocycles. The van der Waals surface area contributed by atoms with Crippen LogP contribution < -0.4 is 10.1 Å². The van der Waals surface area contributed by atoms with Crippen molar-refractivity contribution in [1.82, 2.24) is 10.2 Å². The number of carbonyl (C=O) groups is 2. The van der Waals surface area contributed by atoms with E-state index in [-0.39, 0.29) is 29.6 Å². The van der Waals surface area contributed by atoms with Crippen molar-refractivity contribution < 1.29 is 18.7 Å². The summed E-state index contributed by atoms with van der Waals surface area (Å²) >= 11 is 0. The van der Waals surface area contributed by atoms with E-state index >= 15 is 0 Å². The summed E-state index contributed by atoms with van der Waals surface area (Å²) < 4.78 is 19.5. The molecule has 2 amide bonds. The van der Waals surface area contributed by atoms with Crippen molar-refractivity contribution in [3.8, 4) is 5.75 Å². The molecular formula is C25H31FN2O3. The molecule has 2 unspecified atom stereocenters. The molecule has 0 spiro atoms. The molecule has 5 nitrogen and oxygen atoms in total. The zero-order chi connectivity index (χ0) is 22.5. The van der Waals surface area contributed by atoms with E-state index in [1.807, 2.05) is 43.9 Å². The van der Waals surface area contributed by atoms with E-state index in [0.717, 1.165) is 29.5 Å². The molecule has 0 radical (unpaired) electrons. The van der Waals surface area contributed by atoms with E-state index in [0.29, 0.717) is 18.8 Å². The van der Waals surface area contributed by atoms with E-state index in [2.05, 4.69) is 5.32 Å². The standard InChI is InChI=1S/C25H31FN2O3/c1-5-13-27-24(29)17(4)31-21-11-8-18-12-14-28(25(30)16(2)3)23(22(18)15-21)19-6-9-20(26)10-7-19/h6-11,15-17,23H,5,12-14H2,1-4H3,(H,27,29). The number of rotatable bonds is 7. The number of benzene rings is 2. The number of hydrogen-bond donors (Lipinski definition) is 1. The lowest BCUT2D eigenvalue weighted by molar-refractivity contribution is -0.136. The van der Waals surface area contributed by atoms with Gasteiger partial charge in [-0.1, -0.05) is 39.0 Å². The second kappa shape index (κ2) is 9.94. The molecule has 6 heteroatoms. The van der Waals surface area contributed by atoms with Crippen molar-refractivity contribution in [2.45, 2.75) is 52.7 Å². The molecule has 0 fully saturated rings. The maximum atomic E-state index is 13.6. The summed E-state index contributed by atoms with van der Waals surface area (Å²) in [6.45, 7) is 8.69. The fourth-order valence-electron chi connectivity index (χ4n) is 3.89. The summed E-state index contributed by atoms with van der Waals surface area (Å²) in [6.07, 6.45) is 0.958. The summed E-state index contributed by atoms with van der Waals surface area (Å²) in [6, 6.07) is 11.7. The highest BCUT2D eigenvalue weighted by atomic mass is 19.1. The van der Waals surface area contributed by atoms with Gasteiger partial charge in [-0.05, 0) is 60.7 Å². The lowest BCUT2D eigenvalue weighted by Gasteiger charge is -2.39. The van der Waals surface area contributed by atoms with Gasteiger partial charge in [0.2, 0.25) is 5.91 Å². The Hall–Kier alpha value is -2.89. The first-order chi connectivity index (χ1) is 14.8. The molecule has 1 N–H and O–H groups in total. The summed E-state index contributed by atoms with van der Waals surface area (Å²) in [7, 11) is 0. The van der Waals surface area contributed by atoms with E-state index in [9.17, 15) is 14.0 Å². The van der Waals surface area contributed by atoms with E-state index in [1.54, 1.807) is 19.1 Å². The zero-order valence-electron chi connectivity index (χ0n) is 18.7. The average Bonchev–Trinajstić information content (AvgIpc) is 2.76. The molecule has 0 saturated carbocycles. The monoisotopic (exact) mass is 426 g/mol. The van der Waals surface area contributed by atoms with Crippen molar-refractivity contribution in [3.63, 3.8) is 0 Å². The Morgan fingerprint density at radius 2 is 1.87 bits per heavy atom. The predicted molar refractivity (Wildman–Crippen MR) is 118 cm³/mol. The van der Waals surface area contributed by atoms with Gasteiger partial charge in [-0.15, -0.1) is 0 Å². The van der Waals surface area contributed by atoms with Crippen molar-refractivity contribution in [1.29, 1.82) is 0 Å². The Morgan fingerprint density at radius 1 is 1.16 bits per heavy atom. The van der Waals surface area contributed by atoms with Crippen LogP contribution in [0.2, 0.25) is 0 Å². The van der Waals surface area contributed by atoms with Gasteiger partial charge in [0, 0.05) is 19.0 Å². The molecule has 1 aliphatic rings. The molecule has 2 atom stereocenters. The lowest BCUT2D eigenvalue weighted by atomic mass is 9.87. The number of hydrogen-bond acceptors (Lipinski definition) is 3. The smallest absolute Gasteiger partial charge is 0.260 e. The zero-order valence-corrected chi connectivity index (χ0v) is 18.7. The second-order valence-corrected chi connectivity index (χ2v) is 8.30. The van der Waals surface area contributed by atoms with Crippen LogP contribution in [0.15, 0.2) is 42.5 Å². The molecule has 2 aromatic rings. The highest BCUT2D eigenvalue weighted by Crippen LogP contribution is 2.38. The van der Waals surface area contributed by atoms with Gasteiger partial charge >= 0.3 is 0 Å². The normalized spacial score (nSPS) is 16.6. The van der Waals surface area contributed by atoms with Crippen molar-refractivity contribution in [2.24, 2.45) is 5.92 Å². The third-order valence-corrected chi connectivity index (χ3v) is 5.54. The molecule has 3 rings (SSSR count). The Labute approximate surface area is 183 Å². The molecule has 1 heterocycles. The van der Waals surface area contributed by atoms with Crippen LogP contribution in [-0.2, 0) is 16.0 Å². The summed E-state index contributed by atoms with van der Waals surface area (Å²) in [5, 5.41) is 2.84. The molecular weight excluding hydrogens is 395 g/mol. The molecule has 0 aromatic heterocycles. The van der Waals surface area contributed by atoms with Crippen LogP contribution in [0.4, 0.5) is 4.39 Å². The molecule has 0 bridgehead atoms. The first-order valence-corrected chi connectivity index (χ1v) is 10.9. The maximum Gasteiger partial charge on any atom is 0.260 e. The highest BCUT2D eigenvalue weighted by Gasteiger charge is 2.33. The minimum absolute atomic E-state index is 0.0543. The molecule has 31 heavy (non-hydrogen) atoms. The molecule has 166 valence electrons. The van der Waals surface area contributed by atoms with Gasteiger partial charge in [-0.2, -0.15) is 0 Å². The lowest BCUT2D eigenvalue weighted by Crippen LogP contribution is -2.42. The van der Waals surface area contributed by atoms with Crippen molar-refractivity contribution in [3.05, 3.63) is 65.0 Å². The first kappa shape index (κ1) is 22.8. The van der Waals surface area contributed by atoms with E-state index in [4.69, 9.17) is 4.74 Å². The van der Waals surface area contributed by atoms with Gasteiger partial charge in [0.15, 0.2) is 6.10 Å². The van der Waals surface area contributed by atoms with E-state index < -0.39 is 6.10 Å². The van der Waals surface area contributed by atoms with Crippen molar-refractivity contribution in [2.75, 3.05) is 13.1 Å². The van der Waals surface area contributed by atoms with Gasteiger partial charge in [-0.3, -0.25) is 9.59 Å². The van der Waals surface area contributed by atoms with Crippen LogP contribution >= 0.6 is 0 Å². The Bertz CT molecular complexity index is 927. The van der Waals surface area contributed by atoms with Crippen LogP contribution in [0.1, 0.15) is 56.8 Å². The van der Waals surface area contributed by atoms with Crippen LogP contribution in [-0.4, -0.2) is 35.9 Å². The first-order valence-electron chi connectivity index (χ1n) is 10.9.